The van der Waals surface area contributed by atoms with Crippen molar-refractivity contribution >= 4 is 5.82 Å². The van der Waals surface area contributed by atoms with E-state index < -0.39 is 0 Å². The van der Waals surface area contributed by atoms with Crippen LogP contribution >= 0.6 is 0 Å². The van der Waals surface area contributed by atoms with Crippen molar-refractivity contribution < 1.29 is 0 Å². The van der Waals surface area contributed by atoms with Crippen molar-refractivity contribution in [3.05, 3.63) is 17.6 Å². The van der Waals surface area contributed by atoms with E-state index in [9.17, 15) is 0 Å². The van der Waals surface area contributed by atoms with Crippen molar-refractivity contribution in [1.82, 2.24) is 9.97 Å². The summed E-state index contributed by atoms with van der Waals surface area (Å²) >= 11 is 0. The highest BCUT2D eigenvalue weighted by molar-refractivity contribution is 5.37. The summed E-state index contributed by atoms with van der Waals surface area (Å²) in [5, 5.41) is 0. The molecule has 0 fully saturated rings. The van der Waals surface area contributed by atoms with Gasteiger partial charge in [-0.3, -0.25) is 4.98 Å². The molecule has 0 spiro atoms. The molecule has 0 aliphatic heterocycles. The fourth-order valence-corrected chi connectivity index (χ4v) is 1.70. The predicted molar refractivity (Wildman–Crippen MR) is 72.2 cm³/mol. The second-order valence-corrected chi connectivity index (χ2v) is 4.88. The third-order valence-corrected chi connectivity index (χ3v) is 2.72. The first-order valence-corrected chi connectivity index (χ1v) is 6.29. The van der Waals surface area contributed by atoms with Gasteiger partial charge in [0.1, 0.15) is 5.82 Å². The maximum absolute atomic E-state index is 5.58. The minimum atomic E-state index is 0.608. The topological polar surface area (TPSA) is 55.0 Å². The monoisotopic (exact) mass is 236 g/mol. The van der Waals surface area contributed by atoms with Gasteiger partial charge in [0.15, 0.2) is 0 Å². The molecule has 1 rings (SSSR count). The molecule has 0 saturated carbocycles. The Labute approximate surface area is 104 Å². The van der Waals surface area contributed by atoms with Crippen LogP contribution in [0.15, 0.2) is 6.20 Å². The van der Waals surface area contributed by atoms with E-state index in [1.165, 1.54) is 0 Å². The number of nitrogens with zero attached hydrogens (tertiary/aromatic N) is 3. The zero-order valence-corrected chi connectivity index (χ0v) is 11.4. The van der Waals surface area contributed by atoms with Crippen LogP contribution in [0.2, 0.25) is 0 Å². The highest BCUT2D eigenvalue weighted by atomic mass is 15.2. The number of hydrogen-bond donors (Lipinski definition) is 1. The molecule has 4 nitrogen and oxygen atoms in total. The number of nitrogens with two attached hydrogens (primary N) is 1. The second-order valence-electron chi connectivity index (χ2n) is 4.88. The molecule has 1 aromatic rings. The fourth-order valence-electron chi connectivity index (χ4n) is 1.70. The molecule has 4 heteroatoms. The van der Waals surface area contributed by atoms with Crippen molar-refractivity contribution in [1.29, 1.82) is 0 Å². The van der Waals surface area contributed by atoms with Gasteiger partial charge in [-0.1, -0.05) is 13.8 Å². The fraction of sp³-hybridized carbons (Fsp3) is 0.692. The van der Waals surface area contributed by atoms with E-state index in [4.69, 9.17) is 5.73 Å². The molecule has 2 N–H and O–H groups in total. The minimum Gasteiger partial charge on any atom is -0.355 e. The molecular weight excluding hydrogens is 212 g/mol. The van der Waals surface area contributed by atoms with E-state index in [-0.39, 0.29) is 0 Å². The molecule has 0 saturated heterocycles. The highest BCUT2D eigenvalue weighted by Crippen LogP contribution is 2.14. The molecular formula is C13H24N4. The van der Waals surface area contributed by atoms with Crippen LogP contribution in [0.25, 0.3) is 0 Å². The van der Waals surface area contributed by atoms with Crippen molar-refractivity contribution in [2.45, 2.75) is 34.1 Å². The average Bonchev–Trinajstić information content (AvgIpc) is 2.27. The van der Waals surface area contributed by atoms with Crippen LogP contribution in [0, 0.1) is 19.8 Å². The number of anilines is 1. The average molecular weight is 236 g/mol. The zero-order chi connectivity index (χ0) is 12.8. The number of rotatable bonds is 6. The largest absolute Gasteiger partial charge is 0.355 e. The van der Waals surface area contributed by atoms with Gasteiger partial charge in [-0.25, -0.2) is 4.98 Å². The lowest BCUT2D eigenvalue weighted by molar-refractivity contribution is 0.595. The van der Waals surface area contributed by atoms with Gasteiger partial charge in [0.2, 0.25) is 0 Å². The highest BCUT2D eigenvalue weighted by Gasteiger charge is 2.10. The lowest BCUT2D eigenvalue weighted by Crippen LogP contribution is -2.31. The van der Waals surface area contributed by atoms with Crippen LogP contribution in [0.5, 0.6) is 0 Å². The molecule has 1 heterocycles. The third-order valence-electron chi connectivity index (χ3n) is 2.72. The summed E-state index contributed by atoms with van der Waals surface area (Å²) in [6.07, 6.45) is 2.85. The Kier molecular flexibility index (Phi) is 5.35. The molecule has 17 heavy (non-hydrogen) atoms. The van der Waals surface area contributed by atoms with E-state index in [2.05, 4.69) is 28.7 Å². The Morgan fingerprint density at radius 2 is 2.00 bits per heavy atom. The Morgan fingerprint density at radius 1 is 1.29 bits per heavy atom. The molecule has 0 atom stereocenters. The summed E-state index contributed by atoms with van der Waals surface area (Å²) in [5.41, 5.74) is 7.58. The molecule has 0 amide bonds. The van der Waals surface area contributed by atoms with Crippen LogP contribution in [0.4, 0.5) is 5.82 Å². The molecule has 0 aliphatic carbocycles. The van der Waals surface area contributed by atoms with Crippen LogP contribution in [-0.4, -0.2) is 29.6 Å². The number of aromatic nitrogens is 2. The molecule has 0 radical (unpaired) electrons. The van der Waals surface area contributed by atoms with Gasteiger partial charge in [-0.05, 0) is 32.7 Å². The van der Waals surface area contributed by atoms with E-state index in [0.717, 1.165) is 36.7 Å². The quantitative estimate of drug-likeness (QED) is 0.819. The lowest BCUT2D eigenvalue weighted by Gasteiger charge is -2.25. The van der Waals surface area contributed by atoms with Crippen LogP contribution in [0.3, 0.4) is 0 Å². The Bertz CT molecular complexity index is 349. The van der Waals surface area contributed by atoms with Gasteiger partial charge in [-0.2, -0.15) is 0 Å². The Hall–Kier alpha value is -1.16. The van der Waals surface area contributed by atoms with Crippen LogP contribution in [0.1, 0.15) is 31.7 Å². The van der Waals surface area contributed by atoms with Gasteiger partial charge < -0.3 is 10.6 Å². The van der Waals surface area contributed by atoms with Gasteiger partial charge in [0.25, 0.3) is 0 Å². The van der Waals surface area contributed by atoms with E-state index in [1.807, 2.05) is 20.0 Å². The van der Waals surface area contributed by atoms with Crippen molar-refractivity contribution in [2.75, 3.05) is 24.5 Å². The normalized spacial score (nSPS) is 10.9. The van der Waals surface area contributed by atoms with Gasteiger partial charge in [-0.15, -0.1) is 0 Å². The summed E-state index contributed by atoms with van der Waals surface area (Å²) in [6.45, 7) is 11.1. The third kappa shape index (κ3) is 4.30. The van der Waals surface area contributed by atoms with Crippen molar-refractivity contribution in [3.8, 4) is 0 Å². The summed E-state index contributed by atoms with van der Waals surface area (Å²) < 4.78 is 0. The summed E-state index contributed by atoms with van der Waals surface area (Å²) in [4.78, 5) is 11.3. The van der Waals surface area contributed by atoms with E-state index in [1.54, 1.807) is 0 Å². The Morgan fingerprint density at radius 3 is 2.53 bits per heavy atom. The van der Waals surface area contributed by atoms with Crippen LogP contribution < -0.4 is 10.6 Å². The van der Waals surface area contributed by atoms with Gasteiger partial charge in [0.05, 0.1) is 17.6 Å². The lowest BCUT2D eigenvalue weighted by atomic mass is 10.2. The summed E-state index contributed by atoms with van der Waals surface area (Å²) in [7, 11) is 0. The van der Waals surface area contributed by atoms with Gasteiger partial charge >= 0.3 is 0 Å². The maximum Gasteiger partial charge on any atom is 0.147 e. The molecule has 96 valence electrons. The first-order valence-electron chi connectivity index (χ1n) is 6.29. The van der Waals surface area contributed by atoms with Gasteiger partial charge in [0, 0.05) is 13.1 Å². The first kappa shape index (κ1) is 13.9. The van der Waals surface area contributed by atoms with Crippen molar-refractivity contribution in [3.63, 3.8) is 0 Å². The Balaban J connectivity index is 2.83. The van der Waals surface area contributed by atoms with Crippen LogP contribution in [-0.2, 0) is 0 Å². The SMILES string of the molecule is Cc1ncc(N(CCCN)CC(C)C)nc1C. The molecule has 0 aromatic carbocycles. The van der Waals surface area contributed by atoms with Crippen molar-refractivity contribution in [2.24, 2.45) is 11.7 Å². The number of aryl methyl sites for hydroxylation is 2. The summed E-state index contributed by atoms with van der Waals surface area (Å²) in [5.74, 6) is 1.58. The van der Waals surface area contributed by atoms with E-state index >= 15 is 0 Å². The maximum atomic E-state index is 5.58. The first-order chi connectivity index (χ1) is 8.04. The molecule has 1 aromatic heterocycles. The minimum absolute atomic E-state index is 0.608. The summed E-state index contributed by atoms with van der Waals surface area (Å²) in [6, 6.07) is 0. The molecule has 0 aliphatic rings. The second kappa shape index (κ2) is 6.55. The smallest absolute Gasteiger partial charge is 0.147 e. The molecule has 0 bridgehead atoms. The zero-order valence-electron chi connectivity index (χ0n) is 11.4. The standard InChI is InChI=1S/C13H24N4/c1-10(2)9-17(7-5-6-14)13-8-15-11(3)12(4)16-13/h8,10H,5-7,9,14H2,1-4H3. The number of hydrogen-bond acceptors (Lipinski definition) is 4. The predicted octanol–water partition coefficient (Wildman–Crippen LogP) is 1.90. The molecule has 0 unspecified atom stereocenters. The van der Waals surface area contributed by atoms with E-state index in [0.29, 0.717) is 12.5 Å².